The number of aliphatic carboxylic acids is 1. The molecule has 4 N–H and O–H groups in total. The second kappa shape index (κ2) is 7.48. The van der Waals surface area contributed by atoms with E-state index in [1.54, 1.807) is 0 Å². The number of carboxylic acid groups (broad SMARTS) is 1. The number of nitrogen functional groups attached to an aromatic ring is 1. The molecule has 0 unspecified atom stereocenters. The van der Waals surface area contributed by atoms with Gasteiger partial charge in [0.2, 0.25) is 5.95 Å². The summed E-state index contributed by atoms with van der Waals surface area (Å²) >= 11 is 0. The molecule has 7 nitrogen and oxygen atoms in total. The zero-order valence-corrected chi connectivity index (χ0v) is 14.3. The Morgan fingerprint density at radius 1 is 1.36 bits per heavy atom. The van der Waals surface area contributed by atoms with Gasteiger partial charge in [-0.1, -0.05) is 30.3 Å². The predicted molar refractivity (Wildman–Crippen MR) is 96.5 cm³/mol. The molecule has 1 saturated heterocycles. The van der Waals surface area contributed by atoms with Gasteiger partial charge in [-0.3, -0.25) is 4.79 Å². The highest BCUT2D eigenvalue weighted by Crippen LogP contribution is 2.27. The lowest BCUT2D eigenvalue weighted by Crippen LogP contribution is -2.46. The highest BCUT2D eigenvalue weighted by atomic mass is 16.4. The summed E-state index contributed by atoms with van der Waals surface area (Å²) in [6, 6.07) is 10.5. The maximum absolute atomic E-state index is 11.0. The smallest absolute Gasteiger partial charge is 0.303 e. The van der Waals surface area contributed by atoms with Gasteiger partial charge in [-0.25, -0.2) is 4.98 Å². The van der Waals surface area contributed by atoms with Crippen LogP contribution in [0.2, 0.25) is 0 Å². The monoisotopic (exact) mass is 341 g/mol. The van der Waals surface area contributed by atoms with E-state index < -0.39 is 5.97 Å². The van der Waals surface area contributed by atoms with Gasteiger partial charge in [0.15, 0.2) is 0 Å². The number of benzene rings is 1. The molecule has 7 heteroatoms. The summed E-state index contributed by atoms with van der Waals surface area (Å²) in [6.07, 6.45) is 0.450. The number of nitrogens with two attached hydrogens (primary N) is 1. The number of rotatable bonds is 5. The quantitative estimate of drug-likeness (QED) is 0.757. The zero-order chi connectivity index (χ0) is 17.8. The first-order valence-corrected chi connectivity index (χ1v) is 8.42. The first-order valence-electron chi connectivity index (χ1n) is 8.42. The summed E-state index contributed by atoms with van der Waals surface area (Å²) in [4.78, 5) is 21.8. The average molecular weight is 341 g/mol. The van der Waals surface area contributed by atoms with Crippen LogP contribution in [0, 0.1) is 6.92 Å². The Hall–Kier alpha value is -2.67. The normalized spacial score (nSPS) is 17.5. The van der Waals surface area contributed by atoms with Gasteiger partial charge in [0, 0.05) is 43.4 Å². The van der Waals surface area contributed by atoms with Crippen molar-refractivity contribution in [1.29, 1.82) is 0 Å². The molecule has 1 atom stereocenters. The fourth-order valence-electron chi connectivity index (χ4n) is 3.24. The molecule has 1 aliphatic rings. The Morgan fingerprint density at radius 2 is 2.12 bits per heavy atom. The van der Waals surface area contributed by atoms with Crippen LogP contribution < -0.4 is 16.0 Å². The lowest BCUT2D eigenvalue weighted by atomic mass is 10.0. The molecule has 0 radical (unpaired) electrons. The van der Waals surface area contributed by atoms with Crippen molar-refractivity contribution < 1.29 is 9.90 Å². The van der Waals surface area contributed by atoms with E-state index >= 15 is 0 Å². The summed E-state index contributed by atoms with van der Waals surface area (Å²) in [7, 11) is 0. The van der Waals surface area contributed by atoms with Gasteiger partial charge in [0.1, 0.15) is 5.82 Å². The molecule has 0 amide bonds. The molecule has 1 aromatic heterocycles. The van der Waals surface area contributed by atoms with Crippen molar-refractivity contribution in [3.63, 3.8) is 0 Å². The lowest BCUT2D eigenvalue weighted by Gasteiger charge is -2.36. The van der Waals surface area contributed by atoms with Crippen molar-refractivity contribution in [2.75, 3.05) is 30.3 Å². The van der Waals surface area contributed by atoms with E-state index in [-0.39, 0.29) is 18.4 Å². The number of carboxylic acids is 1. The van der Waals surface area contributed by atoms with Crippen LogP contribution in [-0.2, 0) is 11.2 Å². The van der Waals surface area contributed by atoms with Gasteiger partial charge < -0.3 is 21.1 Å². The van der Waals surface area contributed by atoms with E-state index in [1.807, 2.05) is 25.1 Å². The van der Waals surface area contributed by atoms with Crippen LogP contribution in [0.1, 0.15) is 29.3 Å². The maximum Gasteiger partial charge on any atom is 0.303 e. The standard InChI is InChI=1S/C18H23N5O2/c1-12-14(7-8-16(24)25)17(22-18(19)21-12)23-10-9-20-15(11-23)13-5-3-2-4-6-13/h2-6,15,20H,7-11H2,1H3,(H,24,25)(H2,19,21,22)/t15-/m1/s1. The zero-order valence-electron chi connectivity index (χ0n) is 14.3. The van der Waals surface area contributed by atoms with Gasteiger partial charge >= 0.3 is 5.97 Å². The van der Waals surface area contributed by atoms with Crippen LogP contribution >= 0.6 is 0 Å². The number of piperazine rings is 1. The van der Waals surface area contributed by atoms with E-state index in [1.165, 1.54) is 5.56 Å². The van der Waals surface area contributed by atoms with Crippen LogP contribution in [-0.4, -0.2) is 40.7 Å². The molecule has 132 valence electrons. The second-order valence-electron chi connectivity index (χ2n) is 6.23. The Balaban J connectivity index is 1.88. The first kappa shape index (κ1) is 17.2. The summed E-state index contributed by atoms with van der Waals surface area (Å²) in [6.45, 7) is 4.22. The van der Waals surface area contributed by atoms with Crippen molar-refractivity contribution in [3.05, 3.63) is 47.2 Å². The third kappa shape index (κ3) is 4.06. The molecule has 3 rings (SSSR count). The van der Waals surface area contributed by atoms with Crippen molar-refractivity contribution in [2.24, 2.45) is 0 Å². The third-order valence-electron chi connectivity index (χ3n) is 4.48. The Bertz CT molecular complexity index is 751. The SMILES string of the molecule is Cc1nc(N)nc(N2CCN[C@@H](c3ccccc3)C2)c1CCC(=O)O. The van der Waals surface area contributed by atoms with Gasteiger partial charge in [0.25, 0.3) is 0 Å². The summed E-state index contributed by atoms with van der Waals surface area (Å²) in [5.74, 6) is 0.152. The second-order valence-corrected chi connectivity index (χ2v) is 6.23. The molecule has 1 fully saturated rings. The van der Waals surface area contributed by atoms with Crippen molar-refractivity contribution in [1.82, 2.24) is 15.3 Å². The minimum absolute atomic E-state index is 0.0509. The molecule has 0 aliphatic carbocycles. The van der Waals surface area contributed by atoms with E-state index in [4.69, 9.17) is 10.8 Å². The predicted octanol–water partition coefficient (Wildman–Crippen LogP) is 1.54. The van der Waals surface area contributed by atoms with E-state index in [0.717, 1.165) is 36.7 Å². The maximum atomic E-state index is 11.0. The fraction of sp³-hybridized carbons (Fsp3) is 0.389. The topological polar surface area (TPSA) is 104 Å². The highest BCUT2D eigenvalue weighted by Gasteiger charge is 2.25. The Morgan fingerprint density at radius 3 is 2.84 bits per heavy atom. The molecule has 0 saturated carbocycles. The minimum atomic E-state index is -0.829. The van der Waals surface area contributed by atoms with Gasteiger partial charge in [-0.15, -0.1) is 0 Å². The van der Waals surface area contributed by atoms with Crippen LogP contribution in [0.25, 0.3) is 0 Å². The molecule has 0 bridgehead atoms. The van der Waals surface area contributed by atoms with Gasteiger partial charge in [0.05, 0.1) is 0 Å². The van der Waals surface area contributed by atoms with Crippen LogP contribution in [0.4, 0.5) is 11.8 Å². The number of anilines is 2. The third-order valence-corrected chi connectivity index (χ3v) is 4.48. The number of carbonyl (C=O) groups is 1. The average Bonchev–Trinajstić information content (AvgIpc) is 2.61. The molecular weight excluding hydrogens is 318 g/mol. The van der Waals surface area contributed by atoms with Crippen molar-refractivity contribution in [3.8, 4) is 0 Å². The summed E-state index contributed by atoms with van der Waals surface area (Å²) < 4.78 is 0. The first-order chi connectivity index (χ1) is 12.0. The number of aromatic nitrogens is 2. The van der Waals surface area contributed by atoms with Crippen LogP contribution in [0.5, 0.6) is 0 Å². The van der Waals surface area contributed by atoms with E-state index in [2.05, 4.69) is 32.3 Å². The van der Waals surface area contributed by atoms with Gasteiger partial charge in [-0.05, 0) is 18.9 Å². The number of hydrogen-bond acceptors (Lipinski definition) is 6. The van der Waals surface area contributed by atoms with Crippen LogP contribution in [0.3, 0.4) is 0 Å². The summed E-state index contributed by atoms with van der Waals surface area (Å²) in [5.41, 5.74) is 8.69. The molecule has 0 spiro atoms. The van der Waals surface area contributed by atoms with Crippen LogP contribution in [0.15, 0.2) is 30.3 Å². The minimum Gasteiger partial charge on any atom is -0.481 e. The Labute approximate surface area is 146 Å². The van der Waals surface area contributed by atoms with E-state index in [0.29, 0.717) is 6.42 Å². The molecule has 1 aromatic carbocycles. The molecule has 1 aliphatic heterocycles. The molecule has 2 heterocycles. The molecular formula is C18H23N5O2. The Kier molecular flexibility index (Phi) is 5.14. The van der Waals surface area contributed by atoms with Crippen molar-refractivity contribution in [2.45, 2.75) is 25.8 Å². The summed E-state index contributed by atoms with van der Waals surface area (Å²) in [5, 5.41) is 12.5. The number of hydrogen-bond donors (Lipinski definition) is 3. The number of aryl methyl sites for hydroxylation is 1. The van der Waals surface area contributed by atoms with Crippen molar-refractivity contribution >= 4 is 17.7 Å². The largest absolute Gasteiger partial charge is 0.481 e. The number of nitrogens with one attached hydrogen (secondary N) is 1. The number of nitrogens with zero attached hydrogens (tertiary/aromatic N) is 3. The molecule has 2 aromatic rings. The van der Waals surface area contributed by atoms with E-state index in [9.17, 15) is 4.79 Å². The molecule has 25 heavy (non-hydrogen) atoms. The lowest BCUT2D eigenvalue weighted by molar-refractivity contribution is -0.136. The van der Waals surface area contributed by atoms with Gasteiger partial charge in [-0.2, -0.15) is 4.98 Å². The highest BCUT2D eigenvalue weighted by molar-refractivity contribution is 5.68. The fourth-order valence-corrected chi connectivity index (χ4v) is 3.24.